The van der Waals surface area contributed by atoms with Gasteiger partial charge in [-0.25, -0.2) is 22.7 Å². The summed E-state index contributed by atoms with van der Waals surface area (Å²) in [5.41, 5.74) is 3.16. The Bertz CT molecular complexity index is 1520. The van der Waals surface area contributed by atoms with E-state index < -0.39 is 10.0 Å². The number of aromatic nitrogens is 4. The van der Waals surface area contributed by atoms with Crippen LogP contribution in [0.4, 0.5) is 5.82 Å². The Morgan fingerprint density at radius 3 is 2.83 bits per heavy atom. The van der Waals surface area contributed by atoms with E-state index in [1.165, 1.54) is 10.6 Å². The molecule has 0 aliphatic carbocycles. The Balaban J connectivity index is 1.50. The van der Waals surface area contributed by atoms with E-state index >= 15 is 0 Å². The number of fused-ring (bicyclic) bond motifs is 2. The Morgan fingerprint density at radius 1 is 1.31 bits per heavy atom. The van der Waals surface area contributed by atoms with Crippen molar-refractivity contribution in [3.63, 3.8) is 0 Å². The molecule has 4 aromatic rings. The molecule has 5 rings (SSSR count). The lowest BCUT2D eigenvalue weighted by atomic mass is 10.1. The second-order valence-corrected chi connectivity index (χ2v) is 12.3. The fourth-order valence-corrected chi connectivity index (χ4v) is 6.30. The number of H-pyrrole nitrogens is 1. The number of ether oxygens (including phenoxy) is 1. The summed E-state index contributed by atoms with van der Waals surface area (Å²) in [6.07, 6.45) is 3.79. The van der Waals surface area contributed by atoms with Crippen molar-refractivity contribution in [1.29, 1.82) is 5.41 Å². The van der Waals surface area contributed by atoms with Gasteiger partial charge >= 0.3 is 0 Å². The molecule has 0 spiro atoms. The number of sulfonamides is 1. The van der Waals surface area contributed by atoms with Crippen LogP contribution in [-0.2, 0) is 21.2 Å². The van der Waals surface area contributed by atoms with Gasteiger partial charge in [-0.05, 0) is 19.1 Å². The number of nitrogens with one attached hydrogen (secondary N) is 2. The number of nitrogens with zero attached hydrogens (tertiary/aromatic N) is 5. The molecule has 1 atom stereocenters. The minimum atomic E-state index is -3.30. The van der Waals surface area contributed by atoms with Gasteiger partial charge in [-0.1, -0.05) is 12.1 Å². The molecule has 0 radical (unpaired) electrons. The first-order chi connectivity index (χ1) is 17.2. The maximum atomic E-state index is 11.9. The van der Waals surface area contributed by atoms with Crippen molar-refractivity contribution in [1.82, 2.24) is 24.5 Å². The largest absolute Gasteiger partial charge is 0.378 e. The lowest BCUT2D eigenvalue weighted by Gasteiger charge is -2.28. The minimum Gasteiger partial charge on any atom is -0.378 e. The Labute approximate surface area is 213 Å². The van der Waals surface area contributed by atoms with Crippen LogP contribution >= 0.6 is 11.3 Å². The molecule has 2 N–H and O–H groups in total. The highest BCUT2D eigenvalue weighted by atomic mass is 32.2. The average molecular weight is 528 g/mol. The molecule has 1 unspecified atom stereocenters. The molecule has 0 bridgehead atoms. The first-order valence-corrected chi connectivity index (χ1v) is 14.4. The van der Waals surface area contributed by atoms with E-state index in [0.29, 0.717) is 37.6 Å². The smallest absolute Gasteiger partial charge is 0.211 e. The van der Waals surface area contributed by atoms with Crippen LogP contribution in [0, 0.1) is 5.41 Å². The summed E-state index contributed by atoms with van der Waals surface area (Å²) in [6.45, 7) is 4.62. The molecule has 4 heterocycles. The van der Waals surface area contributed by atoms with Crippen LogP contribution in [0.2, 0.25) is 0 Å². The van der Waals surface area contributed by atoms with Gasteiger partial charge < -0.3 is 15.0 Å². The third-order valence-electron chi connectivity index (χ3n) is 6.51. The van der Waals surface area contributed by atoms with Gasteiger partial charge in [-0.3, -0.25) is 5.10 Å². The molecule has 3 aromatic heterocycles. The van der Waals surface area contributed by atoms with Gasteiger partial charge in [0.05, 0.1) is 41.4 Å². The van der Waals surface area contributed by atoms with Crippen LogP contribution in [0.25, 0.3) is 32.5 Å². The van der Waals surface area contributed by atoms with Gasteiger partial charge in [0.15, 0.2) is 11.6 Å². The van der Waals surface area contributed by atoms with E-state index in [-0.39, 0.29) is 6.04 Å². The lowest BCUT2D eigenvalue weighted by molar-refractivity contribution is 0.122. The summed E-state index contributed by atoms with van der Waals surface area (Å²) in [6, 6.07) is 7.69. The van der Waals surface area contributed by atoms with Gasteiger partial charge in [-0.15, -0.1) is 11.3 Å². The molecule has 36 heavy (non-hydrogen) atoms. The maximum absolute atomic E-state index is 11.9. The summed E-state index contributed by atoms with van der Waals surface area (Å²) in [4.78, 5) is 13.2. The molecule has 1 aromatic carbocycles. The Morgan fingerprint density at radius 2 is 2.08 bits per heavy atom. The monoisotopic (exact) mass is 527 g/mol. The van der Waals surface area contributed by atoms with Crippen molar-refractivity contribution in [2.45, 2.75) is 25.8 Å². The molecule has 0 amide bonds. The number of anilines is 1. The van der Waals surface area contributed by atoms with E-state index in [9.17, 15) is 8.42 Å². The quantitative estimate of drug-likeness (QED) is 0.337. The zero-order valence-corrected chi connectivity index (χ0v) is 22.1. The highest BCUT2D eigenvalue weighted by molar-refractivity contribution is 7.88. The number of rotatable bonds is 8. The highest BCUT2D eigenvalue weighted by Gasteiger charge is 2.23. The molecule has 1 saturated heterocycles. The molecule has 190 valence electrons. The number of hydrogen-bond donors (Lipinski definition) is 2. The molecular weight excluding hydrogens is 498 g/mol. The van der Waals surface area contributed by atoms with Gasteiger partial charge in [0.2, 0.25) is 10.0 Å². The van der Waals surface area contributed by atoms with Crippen LogP contribution < -0.4 is 4.90 Å². The van der Waals surface area contributed by atoms with Gasteiger partial charge in [0.25, 0.3) is 0 Å². The maximum Gasteiger partial charge on any atom is 0.211 e. The molecule has 12 heteroatoms. The van der Waals surface area contributed by atoms with E-state index in [4.69, 9.17) is 20.1 Å². The van der Waals surface area contributed by atoms with Crippen LogP contribution in [0.15, 0.2) is 30.5 Å². The van der Waals surface area contributed by atoms with Crippen molar-refractivity contribution in [2.24, 2.45) is 0 Å². The molecule has 10 nitrogen and oxygen atoms in total. The normalized spacial score (nSPS) is 15.7. The zero-order valence-electron chi connectivity index (χ0n) is 20.5. The van der Waals surface area contributed by atoms with Crippen molar-refractivity contribution in [3.8, 4) is 11.4 Å². The fraction of sp³-hybridized carbons (Fsp3) is 0.417. The topological polar surface area (TPSA) is 128 Å². The molecule has 1 aliphatic heterocycles. The summed E-state index contributed by atoms with van der Waals surface area (Å²) >= 11 is 1.60. The predicted molar refractivity (Wildman–Crippen MR) is 144 cm³/mol. The van der Waals surface area contributed by atoms with Crippen molar-refractivity contribution in [3.05, 3.63) is 35.3 Å². The zero-order chi connectivity index (χ0) is 25.4. The van der Waals surface area contributed by atoms with Crippen molar-refractivity contribution >= 4 is 54.0 Å². The SMILES string of the molecule is CC(CC(=N)Cc1cc2nc(-c3cccc4[nH]ncc34)nc(N3CCOCC3)c2s1)N(C)S(C)(=O)=O. The van der Waals surface area contributed by atoms with E-state index in [1.54, 1.807) is 24.6 Å². The number of benzene rings is 1. The first kappa shape index (κ1) is 24.8. The van der Waals surface area contributed by atoms with Crippen LogP contribution in [0.1, 0.15) is 18.2 Å². The molecule has 0 saturated carbocycles. The number of aromatic amines is 1. The molecule has 1 aliphatic rings. The summed E-state index contributed by atoms with van der Waals surface area (Å²) in [5.74, 6) is 1.52. The first-order valence-electron chi connectivity index (χ1n) is 11.8. The third-order valence-corrected chi connectivity index (χ3v) is 9.04. The van der Waals surface area contributed by atoms with Crippen molar-refractivity contribution < 1.29 is 13.2 Å². The van der Waals surface area contributed by atoms with E-state index in [0.717, 1.165) is 50.5 Å². The fourth-order valence-electron chi connectivity index (χ4n) is 4.42. The van der Waals surface area contributed by atoms with Gasteiger partial charge in [-0.2, -0.15) is 5.10 Å². The van der Waals surface area contributed by atoms with Crippen LogP contribution in [0.5, 0.6) is 0 Å². The molecule has 1 fully saturated rings. The Hall–Kier alpha value is -2.93. The lowest BCUT2D eigenvalue weighted by Crippen LogP contribution is -2.36. The average Bonchev–Trinajstić information content (AvgIpc) is 3.49. The van der Waals surface area contributed by atoms with Crippen LogP contribution in [0.3, 0.4) is 0 Å². The second-order valence-electron chi connectivity index (χ2n) is 9.15. The van der Waals surface area contributed by atoms with Gasteiger partial charge in [0.1, 0.15) is 0 Å². The Kier molecular flexibility index (Phi) is 6.77. The predicted octanol–water partition coefficient (Wildman–Crippen LogP) is 3.30. The molecular formula is C24H29N7O3S2. The number of thiophene rings is 1. The highest BCUT2D eigenvalue weighted by Crippen LogP contribution is 2.36. The second kappa shape index (κ2) is 9.85. The minimum absolute atomic E-state index is 0.285. The summed E-state index contributed by atoms with van der Waals surface area (Å²) < 4.78 is 31.6. The number of morpholine rings is 1. The van der Waals surface area contributed by atoms with Gasteiger partial charge in [0, 0.05) is 60.6 Å². The third kappa shape index (κ3) is 4.99. The number of hydrogen-bond acceptors (Lipinski definition) is 9. The summed E-state index contributed by atoms with van der Waals surface area (Å²) in [7, 11) is -1.75. The van der Waals surface area contributed by atoms with E-state index in [1.807, 2.05) is 31.2 Å². The van der Waals surface area contributed by atoms with E-state index in [2.05, 4.69) is 15.1 Å². The standard InChI is InChI=1S/C24H29N7O3S2/c1-15(30(2)36(3,32)33)11-16(25)12-17-13-21-22(35-17)24(31-7-9-34-10-8-31)28-23(27-21)18-5-4-6-20-19(18)14-26-29-20/h4-6,13-15,25H,7-12H2,1-3H3,(H,26,29). The van der Waals surface area contributed by atoms with Crippen molar-refractivity contribution in [2.75, 3.05) is 44.5 Å². The van der Waals surface area contributed by atoms with Crippen LogP contribution in [-0.4, -0.2) is 84.2 Å². The summed E-state index contributed by atoms with van der Waals surface area (Å²) in [5, 5.41) is 16.7.